The minimum absolute atomic E-state index is 0.0933. The lowest BCUT2D eigenvalue weighted by Crippen LogP contribution is -2.40. The van der Waals surface area contributed by atoms with Crippen LogP contribution in [0.1, 0.15) is 93.2 Å². The summed E-state index contributed by atoms with van der Waals surface area (Å²) in [7, 11) is 1.49. The average Bonchev–Trinajstić information content (AvgIpc) is 3.20. The van der Waals surface area contributed by atoms with Gasteiger partial charge in [-0.2, -0.15) is 0 Å². The van der Waals surface area contributed by atoms with Crippen LogP contribution in [-0.4, -0.2) is 36.2 Å². The molecule has 3 heterocycles. The summed E-state index contributed by atoms with van der Waals surface area (Å²) in [5.41, 5.74) is 1.18. The van der Waals surface area contributed by atoms with Gasteiger partial charge in [-0.3, -0.25) is 0 Å². The monoisotopic (exact) mass is 404 g/mol. The summed E-state index contributed by atoms with van der Waals surface area (Å²) in [6, 6.07) is 3.07. The van der Waals surface area contributed by atoms with Crippen LogP contribution in [0.15, 0.2) is 12.1 Å². The van der Waals surface area contributed by atoms with Gasteiger partial charge in [0.05, 0.1) is 19.3 Å². The van der Waals surface area contributed by atoms with Crippen molar-refractivity contribution in [2.45, 2.75) is 95.2 Å². The highest BCUT2D eigenvalue weighted by molar-refractivity contribution is 5.97. The first-order valence-corrected chi connectivity index (χ1v) is 11.0. The molecular formula is C23H32O6. The van der Waals surface area contributed by atoms with Crippen LogP contribution in [0.25, 0.3) is 0 Å². The molecule has 4 rings (SSSR count). The predicted octanol–water partition coefficient (Wildman–Crippen LogP) is 5.03. The van der Waals surface area contributed by atoms with Crippen LogP contribution in [0.5, 0.6) is 11.5 Å². The summed E-state index contributed by atoms with van der Waals surface area (Å²) in [4.78, 5) is 12.2. The van der Waals surface area contributed by atoms with Gasteiger partial charge in [-0.1, -0.05) is 12.8 Å². The molecule has 3 aliphatic heterocycles. The Bertz CT molecular complexity index is 743. The zero-order valence-electron chi connectivity index (χ0n) is 17.4. The molecule has 0 radical (unpaired) electrons. The number of aromatic hydroxyl groups is 1. The number of cyclic esters (lactones) is 1. The lowest BCUT2D eigenvalue weighted by Gasteiger charge is -2.38. The van der Waals surface area contributed by atoms with Crippen molar-refractivity contribution in [3.8, 4) is 11.5 Å². The molecule has 0 unspecified atom stereocenters. The Morgan fingerprint density at radius 2 is 1.97 bits per heavy atom. The van der Waals surface area contributed by atoms with Gasteiger partial charge in [-0.15, -0.1) is 0 Å². The number of hydrogen-bond donors (Lipinski definition) is 1. The molecule has 6 nitrogen and oxygen atoms in total. The van der Waals surface area contributed by atoms with E-state index in [0.717, 1.165) is 63.4 Å². The first kappa shape index (κ1) is 20.5. The van der Waals surface area contributed by atoms with E-state index in [1.165, 1.54) is 19.6 Å². The molecule has 29 heavy (non-hydrogen) atoms. The summed E-state index contributed by atoms with van der Waals surface area (Å²) in [6.45, 7) is 2.13. The second-order valence-electron chi connectivity index (χ2n) is 8.65. The molecular weight excluding hydrogens is 372 g/mol. The second-order valence-corrected chi connectivity index (χ2v) is 8.65. The van der Waals surface area contributed by atoms with Crippen LogP contribution in [0.2, 0.25) is 0 Å². The highest BCUT2D eigenvalue weighted by atomic mass is 16.7. The number of ether oxygens (including phenoxy) is 4. The molecule has 6 heteroatoms. The van der Waals surface area contributed by atoms with Gasteiger partial charge in [0.25, 0.3) is 0 Å². The molecule has 0 bridgehead atoms. The number of fused-ring (bicyclic) bond motifs is 1. The molecule has 1 aromatic rings. The number of unbranched alkanes of at least 4 members (excludes halogenated alkanes) is 2. The summed E-state index contributed by atoms with van der Waals surface area (Å²) in [5.74, 6) is -0.214. The number of hydrogen-bond acceptors (Lipinski definition) is 6. The Morgan fingerprint density at radius 1 is 1.14 bits per heavy atom. The van der Waals surface area contributed by atoms with Crippen LogP contribution in [0.3, 0.4) is 0 Å². The first-order chi connectivity index (χ1) is 14.0. The van der Waals surface area contributed by atoms with E-state index in [-0.39, 0.29) is 23.6 Å². The van der Waals surface area contributed by atoms with E-state index >= 15 is 0 Å². The van der Waals surface area contributed by atoms with Gasteiger partial charge in [0.1, 0.15) is 23.2 Å². The molecule has 0 aromatic heterocycles. The number of methoxy groups -OCH3 is 1. The van der Waals surface area contributed by atoms with E-state index in [9.17, 15) is 9.90 Å². The van der Waals surface area contributed by atoms with E-state index in [1.54, 1.807) is 6.07 Å². The number of phenols is 1. The van der Waals surface area contributed by atoms with E-state index in [0.29, 0.717) is 23.5 Å². The molecule has 0 saturated carbocycles. The molecule has 0 aliphatic carbocycles. The van der Waals surface area contributed by atoms with Crippen LogP contribution in [-0.2, 0) is 14.2 Å². The fraction of sp³-hybridized carbons (Fsp3) is 0.696. The molecule has 1 aromatic carbocycles. The van der Waals surface area contributed by atoms with Gasteiger partial charge in [0, 0.05) is 24.5 Å². The Kier molecular flexibility index (Phi) is 6.02. The minimum atomic E-state index is -0.367. The molecule has 4 atom stereocenters. The third-order valence-corrected chi connectivity index (χ3v) is 6.44. The summed E-state index contributed by atoms with van der Waals surface area (Å²) < 4.78 is 23.2. The molecule has 160 valence electrons. The highest BCUT2D eigenvalue weighted by Gasteiger charge is 2.43. The number of carbonyl (C=O) groups is 1. The van der Waals surface area contributed by atoms with E-state index < -0.39 is 0 Å². The average molecular weight is 405 g/mol. The molecule has 1 N–H and O–H groups in total. The smallest absolute Gasteiger partial charge is 0.342 e. The molecule has 1 spiro atoms. The Hall–Kier alpha value is -1.79. The third-order valence-electron chi connectivity index (χ3n) is 6.44. The van der Waals surface area contributed by atoms with E-state index in [4.69, 9.17) is 18.9 Å². The normalized spacial score (nSPS) is 31.1. The number of phenolic OH excluding ortho intramolecular Hbond substituents is 1. The zero-order valence-corrected chi connectivity index (χ0v) is 17.4. The molecule has 0 amide bonds. The maximum atomic E-state index is 12.2. The Morgan fingerprint density at radius 3 is 2.72 bits per heavy atom. The minimum Gasteiger partial charge on any atom is -0.508 e. The quantitative estimate of drug-likeness (QED) is 0.508. The van der Waals surface area contributed by atoms with Gasteiger partial charge >= 0.3 is 5.97 Å². The summed E-state index contributed by atoms with van der Waals surface area (Å²) in [6.07, 6.45) is 10.6. The molecule has 3 aliphatic rings. The van der Waals surface area contributed by atoms with Crippen molar-refractivity contribution >= 4 is 5.97 Å². The van der Waals surface area contributed by atoms with Gasteiger partial charge in [0.15, 0.2) is 5.79 Å². The Balaban J connectivity index is 1.23. The van der Waals surface area contributed by atoms with Crippen molar-refractivity contribution in [2.24, 2.45) is 0 Å². The predicted molar refractivity (Wildman–Crippen MR) is 107 cm³/mol. The van der Waals surface area contributed by atoms with Crippen molar-refractivity contribution in [3.05, 3.63) is 23.3 Å². The number of benzene rings is 1. The summed E-state index contributed by atoms with van der Waals surface area (Å²) >= 11 is 0. The molecule has 2 fully saturated rings. The number of rotatable bonds is 7. The lowest BCUT2D eigenvalue weighted by molar-refractivity contribution is -0.269. The molecule has 2 saturated heterocycles. The highest BCUT2D eigenvalue weighted by Crippen LogP contribution is 2.43. The van der Waals surface area contributed by atoms with Gasteiger partial charge in [-0.25, -0.2) is 4.79 Å². The van der Waals surface area contributed by atoms with Crippen molar-refractivity contribution < 1.29 is 28.8 Å². The third kappa shape index (κ3) is 4.38. The van der Waals surface area contributed by atoms with Crippen molar-refractivity contribution in [1.82, 2.24) is 0 Å². The Labute approximate surface area is 172 Å². The number of esters is 1. The maximum absolute atomic E-state index is 12.2. The van der Waals surface area contributed by atoms with E-state index in [1.807, 2.05) is 0 Å². The van der Waals surface area contributed by atoms with Gasteiger partial charge < -0.3 is 24.1 Å². The van der Waals surface area contributed by atoms with Crippen molar-refractivity contribution in [1.29, 1.82) is 0 Å². The van der Waals surface area contributed by atoms with Crippen LogP contribution in [0.4, 0.5) is 0 Å². The fourth-order valence-electron chi connectivity index (χ4n) is 5.00. The van der Waals surface area contributed by atoms with Crippen LogP contribution >= 0.6 is 0 Å². The summed E-state index contributed by atoms with van der Waals surface area (Å²) in [5, 5.41) is 9.90. The van der Waals surface area contributed by atoms with Crippen LogP contribution < -0.4 is 4.74 Å². The van der Waals surface area contributed by atoms with Crippen LogP contribution in [0, 0.1) is 0 Å². The topological polar surface area (TPSA) is 74.2 Å². The van der Waals surface area contributed by atoms with E-state index in [2.05, 4.69) is 6.92 Å². The lowest BCUT2D eigenvalue weighted by atomic mass is 9.95. The second kappa shape index (κ2) is 8.52. The number of carbonyl (C=O) groups excluding carboxylic acids is 1. The van der Waals surface area contributed by atoms with Gasteiger partial charge in [-0.05, 0) is 51.5 Å². The maximum Gasteiger partial charge on any atom is 0.342 e. The van der Waals surface area contributed by atoms with Crippen molar-refractivity contribution in [2.75, 3.05) is 7.11 Å². The fourth-order valence-corrected chi connectivity index (χ4v) is 5.00. The van der Waals surface area contributed by atoms with Gasteiger partial charge in [0.2, 0.25) is 0 Å². The standard InChI is InChI=1S/C23H32O6/c1-15-10-12-23(28-15)11-6-8-17(29-23)7-4-3-5-9-19-18-13-16(24)14-20(26-2)21(18)22(25)27-19/h13-15,17,19,24H,3-12H2,1-2H3/t15-,17-,19-,23-/m0/s1. The first-order valence-electron chi connectivity index (χ1n) is 11.0. The largest absolute Gasteiger partial charge is 0.508 e. The zero-order chi connectivity index (χ0) is 20.4. The SMILES string of the molecule is COc1cc(O)cc2c1C(=O)O[C@H]2CCCCC[C@H]1CCC[C@@]2(CC[C@H](C)O2)O1. The van der Waals surface area contributed by atoms with Crippen molar-refractivity contribution in [3.63, 3.8) is 0 Å².